The largest absolute Gasteiger partial charge is 0.419 e. The molecular weight excluding hydrogens is 545 g/mol. The molecule has 4 heterocycles. The zero-order chi connectivity index (χ0) is 27.2. The van der Waals surface area contributed by atoms with E-state index in [2.05, 4.69) is 44.8 Å². The van der Waals surface area contributed by atoms with Crippen LogP contribution in [0.2, 0.25) is 25.7 Å². The zero-order valence-electron chi connectivity index (χ0n) is 20.8. The number of hydrogen-bond acceptors (Lipinski definition) is 9. The van der Waals surface area contributed by atoms with E-state index in [0.29, 0.717) is 34.5 Å². The zero-order valence-corrected chi connectivity index (χ0v) is 23.4. The summed E-state index contributed by atoms with van der Waals surface area (Å²) in [6, 6.07) is 4.16. The third kappa shape index (κ3) is 6.22. The Labute approximate surface area is 216 Å². The van der Waals surface area contributed by atoms with Crippen molar-refractivity contribution in [1.29, 1.82) is 0 Å². The molecule has 0 amide bonds. The minimum absolute atomic E-state index is 0.0396. The second-order valence-corrected chi connectivity index (χ2v) is 18.5. The Balaban J connectivity index is 1.89. The van der Waals surface area contributed by atoms with Gasteiger partial charge in [0.15, 0.2) is 5.01 Å². The number of aromatic nitrogens is 6. The van der Waals surface area contributed by atoms with Gasteiger partial charge in [-0.3, -0.25) is 0 Å². The molecule has 4 rings (SSSR count). The van der Waals surface area contributed by atoms with Gasteiger partial charge in [-0.1, -0.05) is 31.0 Å². The Hall–Kier alpha value is -2.75. The summed E-state index contributed by atoms with van der Waals surface area (Å²) in [7, 11) is -5.32. The van der Waals surface area contributed by atoms with Crippen LogP contribution in [0, 0.1) is 6.92 Å². The van der Waals surface area contributed by atoms with E-state index in [1.807, 2.05) is 0 Å². The van der Waals surface area contributed by atoms with Gasteiger partial charge in [-0.25, -0.2) is 23.4 Å². The van der Waals surface area contributed by atoms with Crippen LogP contribution in [0.3, 0.4) is 0 Å². The summed E-state index contributed by atoms with van der Waals surface area (Å²) < 4.78 is 73.3. The average Bonchev–Trinajstić information content (AvgIpc) is 3.38. The summed E-state index contributed by atoms with van der Waals surface area (Å²) in [6.45, 7) is 8.97. The molecule has 0 aliphatic carbocycles. The lowest BCUT2D eigenvalue weighted by Gasteiger charge is -2.15. The lowest BCUT2D eigenvalue weighted by atomic mass is 10.1. The number of halogens is 3. The van der Waals surface area contributed by atoms with E-state index >= 15 is 0 Å². The first-order valence-corrected chi connectivity index (χ1v) is 17.6. The smallest absolute Gasteiger partial charge is 0.361 e. The summed E-state index contributed by atoms with van der Waals surface area (Å²) in [5, 5.41) is 9.07. The molecule has 0 spiro atoms. The van der Waals surface area contributed by atoms with Crippen LogP contribution < -0.4 is 0 Å². The molecule has 0 unspecified atom stereocenters. The Morgan fingerprint density at radius 3 is 2.46 bits per heavy atom. The topological polar surface area (TPSA) is 113 Å². The molecule has 0 atom stereocenters. The van der Waals surface area contributed by atoms with Crippen molar-refractivity contribution in [3.05, 3.63) is 35.1 Å². The van der Waals surface area contributed by atoms with E-state index in [1.54, 1.807) is 23.6 Å². The third-order valence-corrected chi connectivity index (χ3v) is 8.78. The van der Waals surface area contributed by atoms with Gasteiger partial charge in [0.25, 0.3) is 0 Å². The molecule has 0 aliphatic rings. The van der Waals surface area contributed by atoms with Gasteiger partial charge in [-0.05, 0) is 25.1 Å². The van der Waals surface area contributed by atoms with Gasteiger partial charge < -0.3 is 9.30 Å². The predicted octanol–water partition coefficient (Wildman–Crippen LogP) is 5.05. The number of hydrogen-bond donors (Lipinski definition) is 0. The molecule has 0 fully saturated rings. The van der Waals surface area contributed by atoms with Crippen LogP contribution in [0.15, 0.2) is 29.7 Å². The standard InChI is InChI=1S/C22H25F3N6O3S2Si/c1-13-29-30-20(35-13)17-7-6-14-15(11-31(19(14)27-17)12-34-8-9-37(3,4)5)18-16(22(23,24)25)10-26-21(28-18)36(2,32)33/h6-7,10-11H,8-9,12H2,1-5H3. The van der Waals surface area contributed by atoms with Crippen LogP contribution in [-0.4, -0.2) is 59.1 Å². The molecule has 0 aromatic carbocycles. The van der Waals surface area contributed by atoms with Crippen molar-refractivity contribution in [2.24, 2.45) is 0 Å². The highest BCUT2D eigenvalue weighted by atomic mass is 32.2. The molecule has 4 aromatic heterocycles. The molecule has 0 N–H and O–H groups in total. The highest BCUT2D eigenvalue weighted by molar-refractivity contribution is 7.90. The van der Waals surface area contributed by atoms with Gasteiger partial charge in [0.05, 0.1) is 5.69 Å². The number of aryl methyl sites for hydroxylation is 1. The molecule has 0 saturated carbocycles. The molecule has 0 aliphatic heterocycles. The Kier molecular flexibility index (Phi) is 7.26. The molecule has 15 heteroatoms. The summed E-state index contributed by atoms with van der Waals surface area (Å²) in [6.07, 6.45) is -2.03. The van der Waals surface area contributed by atoms with Crippen molar-refractivity contribution in [2.45, 2.75) is 50.7 Å². The van der Waals surface area contributed by atoms with Gasteiger partial charge >= 0.3 is 6.18 Å². The van der Waals surface area contributed by atoms with Crippen molar-refractivity contribution in [3.8, 4) is 22.0 Å². The maximum absolute atomic E-state index is 13.9. The number of fused-ring (bicyclic) bond motifs is 1. The lowest BCUT2D eigenvalue weighted by Crippen LogP contribution is -2.22. The number of ether oxygens (including phenoxy) is 1. The molecule has 37 heavy (non-hydrogen) atoms. The fraction of sp³-hybridized carbons (Fsp3) is 0.409. The van der Waals surface area contributed by atoms with Gasteiger partial charge in [-0.15, -0.1) is 10.2 Å². The molecular formula is C22H25F3N6O3S2Si. The minimum atomic E-state index is -4.81. The van der Waals surface area contributed by atoms with Crippen molar-refractivity contribution in [2.75, 3.05) is 12.9 Å². The second-order valence-electron chi connectivity index (χ2n) is 9.74. The van der Waals surface area contributed by atoms with Crippen LogP contribution in [0.25, 0.3) is 33.0 Å². The Morgan fingerprint density at radius 2 is 1.86 bits per heavy atom. The highest BCUT2D eigenvalue weighted by Gasteiger charge is 2.37. The predicted molar refractivity (Wildman–Crippen MR) is 137 cm³/mol. The number of nitrogens with zero attached hydrogens (tertiary/aromatic N) is 6. The molecule has 0 radical (unpaired) electrons. The van der Waals surface area contributed by atoms with Gasteiger partial charge in [-0.2, -0.15) is 13.2 Å². The number of alkyl halides is 3. The van der Waals surface area contributed by atoms with Gasteiger partial charge in [0, 0.05) is 44.3 Å². The van der Waals surface area contributed by atoms with Crippen LogP contribution in [0.5, 0.6) is 0 Å². The fourth-order valence-corrected chi connectivity index (χ4v) is 5.39. The van der Waals surface area contributed by atoms with Crippen molar-refractivity contribution >= 4 is 40.3 Å². The van der Waals surface area contributed by atoms with Crippen LogP contribution >= 0.6 is 11.3 Å². The molecule has 198 valence electrons. The molecule has 0 saturated heterocycles. The summed E-state index contributed by atoms with van der Waals surface area (Å²) in [4.78, 5) is 11.9. The monoisotopic (exact) mass is 570 g/mol. The van der Waals surface area contributed by atoms with E-state index in [9.17, 15) is 21.6 Å². The molecule has 0 bridgehead atoms. The van der Waals surface area contributed by atoms with E-state index in [0.717, 1.165) is 17.3 Å². The van der Waals surface area contributed by atoms with E-state index < -0.39 is 40.5 Å². The quantitative estimate of drug-likeness (QED) is 0.164. The second kappa shape index (κ2) is 9.85. The maximum atomic E-state index is 13.9. The maximum Gasteiger partial charge on any atom is 0.419 e. The highest BCUT2D eigenvalue weighted by Crippen LogP contribution is 2.39. The van der Waals surface area contributed by atoms with E-state index in [1.165, 1.54) is 17.5 Å². The van der Waals surface area contributed by atoms with Gasteiger partial charge in [0.2, 0.25) is 15.0 Å². The first kappa shape index (κ1) is 27.3. The summed E-state index contributed by atoms with van der Waals surface area (Å²) >= 11 is 1.34. The van der Waals surface area contributed by atoms with Crippen LogP contribution in [0.4, 0.5) is 13.2 Å². The summed E-state index contributed by atoms with van der Waals surface area (Å²) in [5.41, 5.74) is -0.781. The third-order valence-electron chi connectivity index (χ3n) is 5.35. The Bertz CT molecular complexity index is 1560. The van der Waals surface area contributed by atoms with Gasteiger partial charge in [0.1, 0.15) is 28.6 Å². The first-order chi connectivity index (χ1) is 17.1. The fourth-order valence-electron chi connectivity index (χ4n) is 3.47. The molecule has 4 aromatic rings. The molecule has 9 nitrogen and oxygen atoms in total. The van der Waals surface area contributed by atoms with Crippen molar-refractivity contribution in [1.82, 2.24) is 29.7 Å². The SMILES string of the molecule is Cc1nnc(-c2ccc3c(-c4nc(S(C)(=O)=O)ncc4C(F)(F)F)cn(COCC[Si](C)(C)C)c3n2)s1. The first-order valence-electron chi connectivity index (χ1n) is 11.2. The van der Waals surface area contributed by atoms with Crippen molar-refractivity contribution < 1.29 is 26.3 Å². The van der Waals surface area contributed by atoms with E-state index in [-0.39, 0.29) is 12.3 Å². The number of pyridine rings is 1. The lowest BCUT2D eigenvalue weighted by molar-refractivity contribution is -0.137. The van der Waals surface area contributed by atoms with Crippen LogP contribution in [-0.2, 0) is 27.5 Å². The Morgan fingerprint density at radius 1 is 1.14 bits per heavy atom. The average molecular weight is 571 g/mol. The van der Waals surface area contributed by atoms with Crippen LogP contribution in [0.1, 0.15) is 10.6 Å². The van der Waals surface area contributed by atoms with Crippen molar-refractivity contribution in [3.63, 3.8) is 0 Å². The summed E-state index contributed by atoms with van der Waals surface area (Å²) in [5.74, 6) is 0. The number of rotatable bonds is 8. The minimum Gasteiger partial charge on any atom is -0.361 e. The number of sulfone groups is 1. The van der Waals surface area contributed by atoms with E-state index in [4.69, 9.17) is 4.74 Å². The normalized spacial score (nSPS) is 13.0.